The van der Waals surface area contributed by atoms with Crippen molar-refractivity contribution in [2.24, 2.45) is 0 Å². The minimum absolute atomic E-state index is 0.0755. The number of fused-ring (bicyclic) bond motifs is 1. The molecule has 0 bridgehead atoms. The van der Waals surface area contributed by atoms with E-state index < -0.39 is 0 Å². The van der Waals surface area contributed by atoms with Crippen LogP contribution in [0.15, 0.2) is 42.2 Å². The van der Waals surface area contributed by atoms with Gasteiger partial charge in [-0.1, -0.05) is 12.6 Å². The van der Waals surface area contributed by atoms with Crippen LogP contribution < -0.4 is 9.47 Å². The van der Waals surface area contributed by atoms with Gasteiger partial charge in [-0.2, -0.15) is 0 Å². The summed E-state index contributed by atoms with van der Waals surface area (Å²) in [6, 6.07) is 5.98. The minimum atomic E-state index is 0.0755. The van der Waals surface area contributed by atoms with Crippen molar-refractivity contribution in [1.29, 1.82) is 0 Å². The number of hydrogen-bond acceptors (Lipinski definition) is 3. The van der Waals surface area contributed by atoms with Crippen molar-refractivity contribution in [2.75, 3.05) is 14.2 Å². The van der Waals surface area contributed by atoms with Gasteiger partial charge in [-0.05, 0) is 43.0 Å². The lowest BCUT2D eigenvalue weighted by atomic mass is 9.97. The lowest BCUT2D eigenvalue weighted by Crippen LogP contribution is -2.23. The Hall–Kier alpha value is -1.90. The van der Waals surface area contributed by atoms with Crippen molar-refractivity contribution in [1.82, 2.24) is 0 Å². The molecule has 0 saturated heterocycles. The highest BCUT2D eigenvalue weighted by Crippen LogP contribution is 2.33. The Kier molecular flexibility index (Phi) is 4.15. The van der Waals surface area contributed by atoms with Crippen LogP contribution in [0.3, 0.4) is 0 Å². The largest absolute Gasteiger partial charge is 0.497 e. The van der Waals surface area contributed by atoms with Gasteiger partial charge in [0.15, 0.2) is 0 Å². The second kappa shape index (κ2) is 5.83. The summed E-state index contributed by atoms with van der Waals surface area (Å²) in [4.78, 5) is 0. The molecule has 1 unspecified atom stereocenters. The first kappa shape index (κ1) is 13.5. The molecule has 1 aliphatic heterocycles. The van der Waals surface area contributed by atoms with Crippen LogP contribution in [-0.4, -0.2) is 20.3 Å². The smallest absolute Gasteiger partial charge is 0.127 e. The molecule has 19 heavy (non-hydrogen) atoms. The summed E-state index contributed by atoms with van der Waals surface area (Å²) in [5.41, 5.74) is 2.36. The number of allylic oxidation sites excluding steroid dienone is 1. The van der Waals surface area contributed by atoms with Crippen molar-refractivity contribution in [3.8, 4) is 11.5 Å². The van der Waals surface area contributed by atoms with Gasteiger partial charge in [0, 0.05) is 6.07 Å². The van der Waals surface area contributed by atoms with Gasteiger partial charge in [-0.15, -0.1) is 0 Å². The maximum Gasteiger partial charge on any atom is 0.127 e. The molecule has 0 N–H and O–H groups in total. The molecule has 0 amide bonds. The Balaban J connectivity index is 2.17. The summed E-state index contributed by atoms with van der Waals surface area (Å²) >= 11 is 0. The van der Waals surface area contributed by atoms with Crippen molar-refractivity contribution < 1.29 is 14.2 Å². The zero-order valence-electron chi connectivity index (χ0n) is 11.7. The van der Waals surface area contributed by atoms with E-state index in [1.807, 2.05) is 25.1 Å². The monoisotopic (exact) mass is 260 g/mol. The Morgan fingerprint density at radius 1 is 1.42 bits per heavy atom. The number of rotatable bonds is 4. The van der Waals surface area contributed by atoms with Gasteiger partial charge in [0.2, 0.25) is 0 Å². The zero-order valence-corrected chi connectivity index (χ0v) is 11.7. The van der Waals surface area contributed by atoms with Crippen LogP contribution in [0.25, 0.3) is 0 Å². The molecule has 0 aliphatic carbocycles. The van der Waals surface area contributed by atoms with E-state index in [2.05, 4.69) is 12.6 Å². The van der Waals surface area contributed by atoms with Gasteiger partial charge in [0.05, 0.1) is 14.2 Å². The van der Waals surface area contributed by atoms with E-state index in [1.54, 1.807) is 14.2 Å². The predicted octanol–water partition coefficient (Wildman–Crippen LogP) is 3.50. The molecule has 0 saturated carbocycles. The first-order valence-electron chi connectivity index (χ1n) is 6.38. The topological polar surface area (TPSA) is 27.7 Å². The van der Waals surface area contributed by atoms with E-state index in [4.69, 9.17) is 14.2 Å². The summed E-state index contributed by atoms with van der Waals surface area (Å²) in [7, 11) is 3.28. The molecular weight excluding hydrogens is 240 g/mol. The second-order valence-corrected chi connectivity index (χ2v) is 4.68. The molecule has 0 fully saturated rings. The Morgan fingerprint density at radius 3 is 2.89 bits per heavy atom. The van der Waals surface area contributed by atoms with E-state index >= 15 is 0 Å². The highest BCUT2D eigenvalue weighted by atomic mass is 16.5. The van der Waals surface area contributed by atoms with Crippen LogP contribution >= 0.6 is 0 Å². The third kappa shape index (κ3) is 3.11. The standard InChI is InChI=1S/C16H20O3/c1-11(9-12(2)17-3)15-8-6-13-5-7-14(18-4)10-16(13)19-15/h5,7,9-10,15H,2,6,8H2,1,3-4H3. The van der Waals surface area contributed by atoms with Crippen LogP contribution in [0, 0.1) is 0 Å². The summed E-state index contributed by atoms with van der Waals surface area (Å²) in [5.74, 6) is 2.38. The van der Waals surface area contributed by atoms with E-state index in [9.17, 15) is 0 Å². The van der Waals surface area contributed by atoms with Gasteiger partial charge >= 0.3 is 0 Å². The fourth-order valence-corrected chi connectivity index (χ4v) is 2.20. The first-order valence-corrected chi connectivity index (χ1v) is 6.38. The van der Waals surface area contributed by atoms with Crippen LogP contribution in [0.1, 0.15) is 18.9 Å². The summed E-state index contributed by atoms with van der Waals surface area (Å²) in [6.45, 7) is 5.85. The molecule has 1 heterocycles. The van der Waals surface area contributed by atoms with E-state index in [1.165, 1.54) is 5.56 Å². The van der Waals surface area contributed by atoms with Crippen molar-refractivity contribution in [3.05, 3.63) is 47.7 Å². The molecule has 1 aliphatic rings. The highest BCUT2D eigenvalue weighted by molar-refractivity contribution is 5.43. The van der Waals surface area contributed by atoms with Crippen molar-refractivity contribution in [2.45, 2.75) is 25.9 Å². The maximum atomic E-state index is 6.04. The quantitative estimate of drug-likeness (QED) is 0.612. The Bertz CT molecular complexity index is 503. The first-order chi connectivity index (χ1) is 9.13. The Morgan fingerprint density at radius 2 is 2.21 bits per heavy atom. The van der Waals surface area contributed by atoms with Crippen molar-refractivity contribution >= 4 is 0 Å². The van der Waals surface area contributed by atoms with Crippen molar-refractivity contribution in [3.63, 3.8) is 0 Å². The van der Waals surface area contributed by atoms with E-state index in [0.717, 1.165) is 29.9 Å². The molecule has 2 rings (SSSR count). The number of methoxy groups -OCH3 is 2. The Labute approximate surface area is 114 Å². The number of aryl methyl sites for hydroxylation is 1. The summed E-state index contributed by atoms with van der Waals surface area (Å²) < 4.78 is 16.3. The maximum absolute atomic E-state index is 6.04. The summed E-state index contributed by atoms with van der Waals surface area (Å²) in [6.07, 6.45) is 3.98. The van der Waals surface area contributed by atoms with E-state index in [0.29, 0.717) is 5.76 Å². The molecule has 3 nitrogen and oxygen atoms in total. The SMILES string of the molecule is C=C(C=C(C)C1CCc2ccc(OC)cc2O1)OC. The molecule has 1 atom stereocenters. The molecule has 0 spiro atoms. The van der Waals surface area contributed by atoms with Gasteiger partial charge < -0.3 is 14.2 Å². The molecule has 1 aromatic carbocycles. The zero-order chi connectivity index (χ0) is 13.8. The van der Waals surface area contributed by atoms with E-state index in [-0.39, 0.29) is 6.10 Å². The van der Waals surface area contributed by atoms with Gasteiger partial charge in [0.25, 0.3) is 0 Å². The molecule has 3 heteroatoms. The lowest BCUT2D eigenvalue weighted by Gasteiger charge is -2.27. The van der Waals surface area contributed by atoms with Crippen LogP contribution in [0.2, 0.25) is 0 Å². The molecule has 1 aromatic rings. The number of benzene rings is 1. The van der Waals surface area contributed by atoms with Gasteiger partial charge in [0.1, 0.15) is 23.4 Å². The fraction of sp³-hybridized carbons (Fsp3) is 0.375. The highest BCUT2D eigenvalue weighted by Gasteiger charge is 2.21. The normalized spacial score (nSPS) is 18.3. The second-order valence-electron chi connectivity index (χ2n) is 4.68. The van der Waals surface area contributed by atoms with Gasteiger partial charge in [-0.25, -0.2) is 0 Å². The van der Waals surface area contributed by atoms with Gasteiger partial charge in [-0.3, -0.25) is 0 Å². The lowest BCUT2D eigenvalue weighted by molar-refractivity contribution is 0.205. The third-order valence-electron chi connectivity index (χ3n) is 3.38. The molecule has 0 radical (unpaired) electrons. The van der Waals surface area contributed by atoms with Crippen LogP contribution in [-0.2, 0) is 11.2 Å². The average molecular weight is 260 g/mol. The summed E-state index contributed by atoms with van der Waals surface area (Å²) in [5, 5.41) is 0. The van der Waals surface area contributed by atoms with Crippen LogP contribution in [0.5, 0.6) is 11.5 Å². The number of hydrogen-bond donors (Lipinski definition) is 0. The predicted molar refractivity (Wildman–Crippen MR) is 75.6 cm³/mol. The minimum Gasteiger partial charge on any atom is -0.497 e. The molecule has 102 valence electrons. The average Bonchev–Trinajstić information content (AvgIpc) is 2.45. The third-order valence-corrected chi connectivity index (χ3v) is 3.38. The van der Waals surface area contributed by atoms with Crippen LogP contribution in [0.4, 0.5) is 0 Å². The molecular formula is C16H20O3. The number of ether oxygens (including phenoxy) is 3. The molecule has 0 aromatic heterocycles. The fourth-order valence-electron chi connectivity index (χ4n) is 2.20.